The summed E-state index contributed by atoms with van der Waals surface area (Å²) in [7, 11) is 5.81. The quantitative estimate of drug-likeness (QED) is 0.224. The van der Waals surface area contributed by atoms with Gasteiger partial charge in [-0.2, -0.15) is 5.10 Å². The zero-order valence-electron chi connectivity index (χ0n) is 25.1. The second-order valence-corrected chi connectivity index (χ2v) is 12.5. The second-order valence-electron chi connectivity index (χ2n) is 12.5. The lowest BCUT2D eigenvalue weighted by atomic mass is 9.78. The van der Waals surface area contributed by atoms with Gasteiger partial charge >= 0.3 is 0 Å². The Morgan fingerprint density at radius 1 is 1.02 bits per heavy atom. The summed E-state index contributed by atoms with van der Waals surface area (Å²) in [5.74, 6) is 2.06. The summed E-state index contributed by atoms with van der Waals surface area (Å²) in [6.07, 6.45) is 17.7. The largest absolute Gasteiger partial charge is 0.393 e. The van der Waals surface area contributed by atoms with E-state index >= 15 is 0 Å². The van der Waals surface area contributed by atoms with E-state index in [2.05, 4.69) is 68.9 Å². The van der Waals surface area contributed by atoms with Crippen molar-refractivity contribution >= 4 is 17.4 Å². The molecule has 7 heteroatoms. The van der Waals surface area contributed by atoms with Gasteiger partial charge in [-0.25, -0.2) is 0 Å². The number of anilines is 1. The first-order valence-electron chi connectivity index (χ1n) is 15.5. The second kappa shape index (κ2) is 13.2. The van der Waals surface area contributed by atoms with Gasteiger partial charge < -0.3 is 14.9 Å². The number of aliphatic imine (C=N–C) groups is 1. The van der Waals surface area contributed by atoms with Crippen molar-refractivity contribution in [3.05, 3.63) is 61.0 Å². The molecule has 0 radical (unpaired) electrons. The third kappa shape index (κ3) is 7.37. The van der Waals surface area contributed by atoms with E-state index in [0.717, 1.165) is 67.7 Å². The van der Waals surface area contributed by atoms with Gasteiger partial charge in [0.2, 0.25) is 5.91 Å². The van der Waals surface area contributed by atoms with Gasteiger partial charge in [0.15, 0.2) is 0 Å². The SMILES string of the molecule is C=C(/C=C\C(=NC)N(C)C)C1CCC(CN(C(=O)C2CCC(O)CC2)c2cccc(-c3cnn(C4CC4)c3)c2)CC1. The number of carbonyl (C=O) groups is 1. The van der Waals surface area contributed by atoms with Gasteiger partial charge in [0.1, 0.15) is 5.84 Å². The van der Waals surface area contributed by atoms with Crippen molar-refractivity contribution in [3.8, 4) is 11.1 Å². The Bertz CT molecular complexity index is 1260. The van der Waals surface area contributed by atoms with Crippen LogP contribution in [0.1, 0.15) is 70.3 Å². The molecule has 41 heavy (non-hydrogen) atoms. The molecule has 1 amide bonds. The van der Waals surface area contributed by atoms with Crippen LogP contribution >= 0.6 is 0 Å². The Hall–Kier alpha value is -3.19. The lowest BCUT2D eigenvalue weighted by molar-refractivity contribution is -0.124. The van der Waals surface area contributed by atoms with Crippen LogP contribution < -0.4 is 4.90 Å². The first kappa shape index (κ1) is 29.3. The molecule has 0 bridgehead atoms. The van der Waals surface area contributed by atoms with E-state index in [0.29, 0.717) is 30.7 Å². The number of amidine groups is 1. The number of benzene rings is 1. The van der Waals surface area contributed by atoms with E-state index in [1.807, 2.05) is 32.2 Å². The molecule has 3 aliphatic carbocycles. The van der Waals surface area contributed by atoms with E-state index in [9.17, 15) is 9.90 Å². The number of likely N-dealkylation sites (N-methyl/N-ethyl adjacent to an activating group) is 1. The highest BCUT2D eigenvalue weighted by atomic mass is 16.3. The molecule has 0 atom stereocenters. The molecule has 0 saturated heterocycles. The van der Waals surface area contributed by atoms with E-state index < -0.39 is 0 Å². The molecule has 1 N–H and O–H groups in total. The summed E-state index contributed by atoms with van der Waals surface area (Å²) < 4.78 is 2.08. The van der Waals surface area contributed by atoms with Crippen LogP contribution in [0.5, 0.6) is 0 Å². The Balaban J connectivity index is 1.29. The average Bonchev–Trinajstić information content (AvgIpc) is 3.72. The van der Waals surface area contributed by atoms with E-state index in [1.54, 1.807) is 0 Å². The summed E-state index contributed by atoms with van der Waals surface area (Å²) in [4.78, 5) is 22.4. The van der Waals surface area contributed by atoms with Gasteiger partial charge in [0.05, 0.1) is 18.3 Å². The molecule has 2 aromatic rings. The molecule has 3 aliphatic rings. The highest BCUT2D eigenvalue weighted by Gasteiger charge is 2.32. The van der Waals surface area contributed by atoms with Gasteiger partial charge in [-0.1, -0.05) is 30.4 Å². The van der Waals surface area contributed by atoms with Crippen LogP contribution in [0.4, 0.5) is 5.69 Å². The molecule has 1 heterocycles. The first-order valence-corrected chi connectivity index (χ1v) is 15.5. The van der Waals surface area contributed by atoms with Gasteiger partial charge in [-0.05, 0) is 99.8 Å². The van der Waals surface area contributed by atoms with E-state index in [4.69, 9.17) is 0 Å². The maximum Gasteiger partial charge on any atom is 0.230 e. The zero-order valence-corrected chi connectivity index (χ0v) is 25.1. The van der Waals surface area contributed by atoms with Crippen LogP contribution in [0, 0.1) is 17.8 Å². The molecule has 3 fully saturated rings. The molecule has 1 aromatic heterocycles. The van der Waals surface area contributed by atoms with Crippen molar-refractivity contribution in [1.82, 2.24) is 14.7 Å². The van der Waals surface area contributed by atoms with Gasteiger partial charge in [-0.15, -0.1) is 0 Å². The maximum atomic E-state index is 14.0. The number of carbonyl (C=O) groups excluding carboxylic acids is 1. The minimum Gasteiger partial charge on any atom is -0.393 e. The van der Waals surface area contributed by atoms with Crippen molar-refractivity contribution in [1.29, 1.82) is 0 Å². The fourth-order valence-corrected chi connectivity index (χ4v) is 6.46. The third-order valence-corrected chi connectivity index (χ3v) is 9.27. The smallest absolute Gasteiger partial charge is 0.230 e. The van der Waals surface area contributed by atoms with Crippen LogP contribution in [0.15, 0.2) is 66.0 Å². The third-order valence-electron chi connectivity index (χ3n) is 9.27. The number of aliphatic hydroxyl groups excluding tert-OH is 1. The molecular formula is C34H47N5O2. The van der Waals surface area contributed by atoms with Crippen LogP contribution in [0.25, 0.3) is 11.1 Å². The van der Waals surface area contributed by atoms with Gasteiger partial charge in [-0.3, -0.25) is 14.5 Å². The molecule has 0 unspecified atom stereocenters. The Labute approximate surface area is 245 Å². The van der Waals surface area contributed by atoms with Crippen molar-refractivity contribution in [2.75, 3.05) is 32.6 Å². The molecule has 0 spiro atoms. The number of allylic oxidation sites excluding steroid dienone is 2. The average molecular weight is 558 g/mol. The zero-order chi connectivity index (χ0) is 28.9. The molecule has 1 aromatic carbocycles. The molecule has 0 aliphatic heterocycles. The molecule has 7 nitrogen and oxygen atoms in total. The van der Waals surface area contributed by atoms with Crippen LogP contribution in [-0.4, -0.2) is 65.3 Å². The summed E-state index contributed by atoms with van der Waals surface area (Å²) >= 11 is 0. The molecule has 5 rings (SSSR count). The number of rotatable bonds is 9. The maximum absolute atomic E-state index is 14.0. The number of hydrogen-bond acceptors (Lipinski definition) is 4. The monoisotopic (exact) mass is 557 g/mol. The van der Waals surface area contributed by atoms with Gasteiger partial charge in [0.25, 0.3) is 0 Å². The normalized spacial score (nSPS) is 25.3. The van der Waals surface area contributed by atoms with Crippen LogP contribution in [-0.2, 0) is 4.79 Å². The Morgan fingerprint density at radius 2 is 1.73 bits per heavy atom. The first-order chi connectivity index (χ1) is 19.8. The summed E-state index contributed by atoms with van der Waals surface area (Å²) in [6, 6.07) is 8.98. The number of aliphatic hydroxyl groups is 1. The summed E-state index contributed by atoms with van der Waals surface area (Å²) in [5.41, 5.74) is 4.34. The highest BCUT2D eigenvalue weighted by Crippen LogP contribution is 2.38. The Kier molecular flexibility index (Phi) is 9.43. The predicted octanol–water partition coefficient (Wildman–Crippen LogP) is 6.28. The number of nitrogens with zero attached hydrogens (tertiary/aromatic N) is 5. The fraction of sp³-hybridized carbons (Fsp3) is 0.559. The molecule has 220 valence electrons. The van der Waals surface area contributed by atoms with Crippen molar-refractivity contribution in [2.24, 2.45) is 22.7 Å². The van der Waals surface area contributed by atoms with Crippen molar-refractivity contribution < 1.29 is 9.90 Å². The number of hydrogen-bond donors (Lipinski definition) is 1. The standard InChI is InChI=1S/C34H47N5O2/c1-24(8-19-33(35-2)37(3)4)26-11-9-25(10-12-26)22-38(34(41)27-13-17-32(40)18-14-27)31-7-5-6-28(20-31)29-21-36-39(23-29)30-15-16-30/h5-8,19-21,23,25-27,30,32,40H,1,9-18,22H2,2-4H3/b19-8-,35-33?. The Morgan fingerprint density at radius 3 is 2.39 bits per heavy atom. The fourth-order valence-electron chi connectivity index (χ4n) is 6.46. The van der Waals surface area contributed by atoms with E-state index in [-0.39, 0.29) is 17.9 Å². The summed E-state index contributed by atoms with van der Waals surface area (Å²) in [5, 5.41) is 14.6. The lowest BCUT2D eigenvalue weighted by Crippen LogP contribution is -2.42. The lowest BCUT2D eigenvalue weighted by Gasteiger charge is -2.36. The van der Waals surface area contributed by atoms with Crippen molar-refractivity contribution in [2.45, 2.75) is 76.4 Å². The molecule has 3 saturated carbocycles. The van der Waals surface area contributed by atoms with E-state index in [1.165, 1.54) is 18.4 Å². The number of aromatic nitrogens is 2. The number of amides is 1. The minimum absolute atomic E-state index is 0.0213. The van der Waals surface area contributed by atoms with Crippen molar-refractivity contribution in [3.63, 3.8) is 0 Å². The van der Waals surface area contributed by atoms with Crippen LogP contribution in [0.2, 0.25) is 0 Å². The highest BCUT2D eigenvalue weighted by molar-refractivity contribution is 5.96. The predicted molar refractivity (Wildman–Crippen MR) is 167 cm³/mol. The van der Waals surface area contributed by atoms with Crippen LogP contribution in [0.3, 0.4) is 0 Å². The molecular weight excluding hydrogens is 510 g/mol. The van der Waals surface area contributed by atoms with Gasteiger partial charge in [0, 0.05) is 51.1 Å². The minimum atomic E-state index is -0.270. The topological polar surface area (TPSA) is 74.0 Å². The summed E-state index contributed by atoms with van der Waals surface area (Å²) in [6.45, 7) is 5.12.